The van der Waals surface area contributed by atoms with Crippen molar-refractivity contribution >= 4 is 34.8 Å². The molecule has 33 heavy (non-hydrogen) atoms. The van der Waals surface area contributed by atoms with Crippen LogP contribution in [0.15, 0.2) is 42.5 Å². The quantitative estimate of drug-likeness (QED) is 0.421. The van der Waals surface area contributed by atoms with Crippen molar-refractivity contribution in [1.82, 2.24) is 10.3 Å². The van der Waals surface area contributed by atoms with E-state index in [0.717, 1.165) is 27.1 Å². The van der Waals surface area contributed by atoms with Crippen LogP contribution in [0.2, 0.25) is 5.02 Å². The molecule has 0 radical (unpaired) electrons. The van der Waals surface area contributed by atoms with Crippen LogP contribution in [-0.2, 0) is 22.5 Å². The smallest absolute Gasteiger partial charge is 0.333 e. The van der Waals surface area contributed by atoms with E-state index in [-0.39, 0.29) is 18.4 Å². The van der Waals surface area contributed by atoms with E-state index in [1.165, 1.54) is 11.3 Å². The number of aryl methyl sites for hydroxylation is 2. The van der Waals surface area contributed by atoms with Gasteiger partial charge in [-0.15, -0.1) is 11.3 Å². The molecule has 174 valence electrons. The molecular weight excluding hydrogens is 460 g/mol. The lowest BCUT2D eigenvalue weighted by Gasteiger charge is -2.17. The van der Waals surface area contributed by atoms with Crippen molar-refractivity contribution in [3.05, 3.63) is 74.7 Å². The van der Waals surface area contributed by atoms with E-state index in [1.54, 1.807) is 6.07 Å². The summed E-state index contributed by atoms with van der Waals surface area (Å²) in [7, 11) is 0. The maximum Gasteiger partial charge on any atom is 0.333 e. The second-order valence-electron chi connectivity index (χ2n) is 8.06. The van der Waals surface area contributed by atoms with Gasteiger partial charge < -0.3 is 15.2 Å². The van der Waals surface area contributed by atoms with E-state index in [4.69, 9.17) is 16.3 Å². The van der Waals surface area contributed by atoms with Gasteiger partial charge in [0.2, 0.25) is 0 Å². The average Bonchev–Trinajstić information content (AvgIpc) is 3.14. The number of carboxylic acid groups (broad SMARTS) is 1. The Morgan fingerprint density at radius 1 is 1.18 bits per heavy atom. The third-order valence-corrected chi connectivity index (χ3v) is 6.44. The number of carboxylic acids is 1. The highest BCUT2D eigenvalue weighted by Crippen LogP contribution is 2.32. The van der Waals surface area contributed by atoms with Crippen LogP contribution >= 0.6 is 22.9 Å². The van der Waals surface area contributed by atoms with Crippen molar-refractivity contribution in [3.8, 4) is 10.6 Å². The zero-order valence-electron chi connectivity index (χ0n) is 19.0. The number of aromatic nitrogens is 1. The molecule has 1 atom stereocenters. The number of rotatable bonds is 9. The number of carbonyl (C=O) groups excluding carboxylic acids is 1. The second-order valence-corrected chi connectivity index (χ2v) is 9.67. The second kappa shape index (κ2) is 10.9. The average molecular weight is 487 g/mol. The normalized spacial score (nSPS) is 12.1. The molecule has 0 spiro atoms. The van der Waals surface area contributed by atoms with Gasteiger partial charge in [0, 0.05) is 23.4 Å². The molecule has 3 rings (SSSR count). The predicted octanol–water partition coefficient (Wildman–Crippen LogP) is 5.43. The van der Waals surface area contributed by atoms with E-state index < -0.39 is 12.1 Å². The van der Waals surface area contributed by atoms with E-state index in [1.807, 2.05) is 64.1 Å². The number of aliphatic carboxylic acids is 1. The maximum atomic E-state index is 12.9. The Kier molecular flexibility index (Phi) is 8.24. The molecule has 0 saturated carbocycles. The summed E-state index contributed by atoms with van der Waals surface area (Å²) in [6.45, 7) is 7.74. The summed E-state index contributed by atoms with van der Waals surface area (Å²) >= 11 is 7.70. The first-order valence-corrected chi connectivity index (χ1v) is 11.8. The number of nitrogens with zero attached hydrogens (tertiary/aromatic N) is 1. The molecule has 0 fully saturated rings. The zero-order valence-corrected chi connectivity index (χ0v) is 20.6. The Hall–Kier alpha value is -2.74. The highest BCUT2D eigenvalue weighted by Gasteiger charge is 2.21. The molecule has 0 aliphatic heterocycles. The molecule has 0 bridgehead atoms. The first-order chi connectivity index (χ1) is 15.7. The minimum atomic E-state index is -0.993. The Morgan fingerprint density at radius 2 is 1.91 bits per heavy atom. The van der Waals surface area contributed by atoms with Crippen LogP contribution in [0.5, 0.6) is 0 Å². The Labute approximate surface area is 202 Å². The molecule has 8 heteroatoms. The molecule has 0 saturated heterocycles. The van der Waals surface area contributed by atoms with Crippen molar-refractivity contribution in [2.24, 2.45) is 0 Å². The summed E-state index contributed by atoms with van der Waals surface area (Å²) in [5.74, 6) is -1.26. The number of carbonyl (C=O) groups is 2. The summed E-state index contributed by atoms with van der Waals surface area (Å²) in [5.41, 5.74) is 3.92. The molecule has 3 aromatic rings. The minimum Gasteiger partial charge on any atom is -0.479 e. The summed E-state index contributed by atoms with van der Waals surface area (Å²) in [5, 5.41) is 13.7. The van der Waals surface area contributed by atoms with E-state index in [9.17, 15) is 14.7 Å². The largest absolute Gasteiger partial charge is 0.479 e. The van der Waals surface area contributed by atoms with E-state index in [0.29, 0.717) is 22.3 Å². The van der Waals surface area contributed by atoms with Gasteiger partial charge in [0.05, 0.1) is 11.1 Å². The molecule has 1 aromatic heterocycles. The van der Waals surface area contributed by atoms with Gasteiger partial charge in [-0.2, -0.15) is 0 Å². The predicted molar refractivity (Wildman–Crippen MR) is 131 cm³/mol. The topological polar surface area (TPSA) is 88.5 Å². The summed E-state index contributed by atoms with van der Waals surface area (Å²) in [4.78, 5) is 29.7. The van der Waals surface area contributed by atoms with E-state index >= 15 is 0 Å². The number of nitrogens with one attached hydrogen (secondary N) is 1. The molecule has 0 aliphatic rings. The van der Waals surface area contributed by atoms with Crippen LogP contribution in [0.1, 0.15) is 45.9 Å². The van der Waals surface area contributed by atoms with Crippen molar-refractivity contribution in [1.29, 1.82) is 0 Å². The zero-order chi connectivity index (χ0) is 24.1. The molecule has 2 N–H and O–H groups in total. The standard InChI is InChI=1S/C25H27ClN2O4S/c1-14(2)32-21(25(30)31)12-17-10-9-15(3)18(11-17)13-27-23(29)22-16(4)33-24(28-22)19-7-5-6-8-20(19)26/h5-11,14,21H,12-13H2,1-4H3,(H,27,29)(H,30,31). The molecular formula is C25H27ClN2O4S. The number of hydrogen-bond acceptors (Lipinski definition) is 5. The van der Waals surface area contributed by atoms with Crippen molar-refractivity contribution in [3.63, 3.8) is 0 Å². The Bertz CT molecular complexity index is 1160. The van der Waals surface area contributed by atoms with Gasteiger partial charge in [0.15, 0.2) is 6.10 Å². The fourth-order valence-electron chi connectivity index (χ4n) is 3.39. The van der Waals surface area contributed by atoms with E-state index in [2.05, 4.69) is 10.3 Å². The lowest BCUT2D eigenvalue weighted by molar-refractivity contribution is -0.153. The van der Waals surface area contributed by atoms with Crippen LogP contribution in [0.25, 0.3) is 10.6 Å². The van der Waals surface area contributed by atoms with Crippen molar-refractivity contribution in [2.45, 2.75) is 52.9 Å². The highest BCUT2D eigenvalue weighted by molar-refractivity contribution is 7.15. The molecule has 1 heterocycles. The summed E-state index contributed by atoms with van der Waals surface area (Å²) < 4.78 is 5.52. The number of hydrogen-bond donors (Lipinski definition) is 2. The van der Waals surface area contributed by atoms with Crippen LogP contribution in [0.4, 0.5) is 0 Å². The lowest BCUT2D eigenvalue weighted by atomic mass is 10.0. The van der Waals surface area contributed by atoms with Crippen LogP contribution < -0.4 is 5.32 Å². The number of benzene rings is 2. The molecule has 1 unspecified atom stereocenters. The van der Waals surface area contributed by atoms with Crippen LogP contribution in [-0.4, -0.2) is 34.2 Å². The summed E-state index contributed by atoms with van der Waals surface area (Å²) in [6, 6.07) is 13.1. The first-order valence-electron chi connectivity index (χ1n) is 10.6. The fourth-order valence-corrected chi connectivity index (χ4v) is 4.63. The van der Waals surface area contributed by atoms with Crippen molar-refractivity contribution < 1.29 is 19.4 Å². The lowest BCUT2D eigenvalue weighted by Crippen LogP contribution is -2.29. The SMILES string of the molecule is Cc1ccc(CC(OC(C)C)C(=O)O)cc1CNC(=O)c1nc(-c2ccccc2Cl)sc1C. The molecule has 0 aliphatic carbocycles. The molecule has 2 aromatic carbocycles. The van der Waals surface area contributed by atoms with Gasteiger partial charge in [-0.05, 0) is 50.5 Å². The maximum absolute atomic E-state index is 12.9. The molecule has 1 amide bonds. The number of halogens is 1. The molecule has 6 nitrogen and oxygen atoms in total. The Balaban J connectivity index is 1.72. The van der Waals surface area contributed by atoms with Gasteiger partial charge in [0.1, 0.15) is 10.7 Å². The number of amides is 1. The van der Waals surface area contributed by atoms with Gasteiger partial charge in [-0.25, -0.2) is 9.78 Å². The van der Waals surface area contributed by atoms with Crippen LogP contribution in [0.3, 0.4) is 0 Å². The summed E-state index contributed by atoms with van der Waals surface area (Å²) in [6.07, 6.45) is -0.857. The third kappa shape index (κ3) is 6.41. The highest BCUT2D eigenvalue weighted by atomic mass is 35.5. The Morgan fingerprint density at radius 3 is 2.58 bits per heavy atom. The van der Waals surface area contributed by atoms with Gasteiger partial charge in [-0.1, -0.05) is 48.0 Å². The van der Waals surface area contributed by atoms with Crippen LogP contribution in [0, 0.1) is 13.8 Å². The van der Waals surface area contributed by atoms with Gasteiger partial charge in [0.25, 0.3) is 5.91 Å². The first kappa shape index (κ1) is 24.9. The van der Waals surface area contributed by atoms with Gasteiger partial charge >= 0.3 is 5.97 Å². The fraction of sp³-hybridized carbons (Fsp3) is 0.320. The monoisotopic (exact) mass is 486 g/mol. The third-order valence-electron chi connectivity index (χ3n) is 5.10. The number of thiazole rings is 1. The van der Waals surface area contributed by atoms with Gasteiger partial charge in [-0.3, -0.25) is 4.79 Å². The minimum absolute atomic E-state index is 0.188. The van der Waals surface area contributed by atoms with Crippen molar-refractivity contribution in [2.75, 3.05) is 0 Å². The number of ether oxygens (including phenoxy) is 1.